The number of carbonyl (C=O) groups excluding carboxylic acids is 2. The Bertz CT molecular complexity index is 1050. The van der Waals surface area contributed by atoms with Gasteiger partial charge in [-0.2, -0.15) is 0 Å². The number of amides is 2. The molecule has 3 aromatic rings. The first-order valence-corrected chi connectivity index (χ1v) is 9.95. The van der Waals surface area contributed by atoms with Gasteiger partial charge in [0.1, 0.15) is 0 Å². The van der Waals surface area contributed by atoms with Crippen molar-refractivity contribution in [1.82, 2.24) is 15.1 Å². The van der Waals surface area contributed by atoms with Gasteiger partial charge < -0.3 is 14.6 Å². The van der Waals surface area contributed by atoms with Crippen molar-refractivity contribution in [3.05, 3.63) is 64.0 Å². The fourth-order valence-electron chi connectivity index (χ4n) is 2.65. The monoisotopic (exact) mass is 446 g/mol. The minimum atomic E-state index is -0.344. The van der Waals surface area contributed by atoms with Crippen molar-refractivity contribution in [3.63, 3.8) is 0 Å². The highest BCUT2D eigenvalue weighted by atomic mass is 35.5. The van der Waals surface area contributed by atoms with E-state index in [0.29, 0.717) is 27.5 Å². The van der Waals surface area contributed by atoms with Gasteiger partial charge in [0.15, 0.2) is 0 Å². The van der Waals surface area contributed by atoms with Crippen LogP contribution in [0.5, 0.6) is 0 Å². The van der Waals surface area contributed by atoms with Crippen molar-refractivity contribution < 1.29 is 14.0 Å². The van der Waals surface area contributed by atoms with E-state index in [0.717, 1.165) is 11.1 Å². The molecule has 0 radical (unpaired) electrons. The number of carbonyl (C=O) groups is 2. The fraction of sp³-hybridized carbons (Fsp3) is 0.238. The third-order valence-corrected chi connectivity index (χ3v) is 5.07. The number of anilines is 1. The third-order valence-electron chi connectivity index (χ3n) is 4.33. The van der Waals surface area contributed by atoms with E-state index in [4.69, 9.17) is 27.6 Å². The van der Waals surface area contributed by atoms with Crippen molar-refractivity contribution in [3.8, 4) is 11.5 Å². The van der Waals surface area contributed by atoms with Crippen molar-refractivity contribution in [2.45, 2.75) is 19.8 Å². The zero-order valence-corrected chi connectivity index (χ0v) is 18.0. The Morgan fingerprint density at radius 1 is 1.07 bits per heavy atom. The van der Waals surface area contributed by atoms with Crippen LogP contribution in [0.2, 0.25) is 10.0 Å². The molecule has 0 spiro atoms. The summed E-state index contributed by atoms with van der Waals surface area (Å²) in [6.07, 6.45) is 0.433. The van der Waals surface area contributed by atoms with Gasteiger partial charge in [-0.1, -0.05) is 40.9 Å². The van der Waals surface area contributed by atoms with Crippen LogP contribution >= 0.6 is 23.2 Å². The van der Waals surface area contributed by atoms with Crippen molar-refractivity contribution in [2.24, 2.45) is 0 Å². The second kappa shape index (κ2) is 9.73. The van der Waals surface area contributed by atoms with E-state index in [1.165, 1.54) is 4.90 Å². The van der Waals surface area contributed by atoms with Crippen LogP contribution in [0.4, 0.5) is 5.69 Å². The SMILES string of the molecule is Cc1ccc(-c2nnc(CCC(=O)N(C)CC(=O)Nc3ccc(Cl)c(Cl)c3)o2)cc1. The van der Waals surface area contributed by atoms with Gasteiger partial charge >= 0.3 is 0 Å². The minimum Gasteiger partial charge on any atom is -0.421 e. The number of nitrogens with one attached hydrogen (secondary N) is 1. The number of likely N-dealkylation sites (N-methyl/N-ethyl adjacent to an activating group) is 1. The highest BCUT2D eigenvalue weighted by Gasteiger charge is 2.16. The lowest BCUT2D eigenvalue weighted by atomic mass is 10.1. The summed E-state index contributed by atoms with van der Waals surface area (Å²) in [4.78, 5) is 25.8. The highest BCUT2D eigenvalue weighted by Crippen LogP contribution is 2.25. The molecule has 0 aliphatic heterocycles. The average molecular weight is 447 g/mol. The van der Waals surface area contributed by atoms with Gasteiger partial charge in [0.05, 0.1) is 16.6 Å². The molecule has 30 heavy (non-hydrogen) atoms. The molecule has 156 valence electrons. The Morgan fingerprint density at radius 2 is 1.80 bits per heavy atom. The van der Waals surface area contributed by atoms with Gasteiger partial charge in [-0.05, 0) is 37.3 Å². The first-order valence-electron chi connectivity index (χ1n) is 9.20. The molecular weight excluding hydrogens is 427 g/mol. The van der Waals surface area contributed by atoms with Gasteiger partial charge in [-0.25, -0.2) is 0 Å². The molecule has 1 heterocycles. The Morgan fingerprint density at radius 3 is 2.50 bits per heavy atom. The summed E-state index contributed by atoms with van der Waals surface area (Å²) >= 11 is 11.8. The van der Waals surface area contributed by atoms with Crippen molar-refractivity contribution >= 4 is 40.7 Å². The van der Waals surface area contributed by atoms with E-state index in [1.807, 2.05) is 31.2 Å². The summed E-state index contributed by atoms with van der Waals surface area (Å²) in [5.41, 5.74) is 2.46. The first kappa shape index (κ1) is 21.8. The van der Waals surface area contributed by atoms with Gasteiger partial charge in [0, 0.05) is 31.1 Å². The molecule has 0 fully saturated rings. The second-order valence-electron chi connectivity index (χ2n) is 6.79. The maximum absolute atomic E-state index is 12.3. The molecular formula is C21H20Cl2N4O3. The lowest BCUT2D eigenvalue weighted by Crippen LogP contribution is -2.35. The van der Waals surface area contributed by atoms with Crippen molar-refractivity contribution in [2.75, 3.05) is 18.9 Å². The van der Waals surface area contributed by atoms with Gasteiger partial charge in [0.2, 0.25) is 23.6 Å². The second-order valence-corrected chi connectivity index (χ2v) is 7.61. The maximum Gasteiger partial charge on any atom is 0.247 e. The normalized spacial score (nSPS) is 10.7. The Balaban J connectivity index is 1.49. The Labute approximate surface area is 184 Å². The topological polar surface area (TPSA) is 88.3 Å². The van der Waals surface area contributed by atoms with Gasteiger partial charge in [-0.3, -0.25) is 9.59 Å². The fourth-order valence-corrected chi connectivity index (χ4v) is 2.95. The molecule has 7 nitrogen and oxygen atoms in total. The number of aryl methyl sites for hydroxylation is 2. The van der Waals surface area contributed by atoms with E-state index in [-0.39, 0.29) is 31.2 Å². The predicted octanol–water partition coefficient (Wildman–Crippen LogP) is 4.38. The number of rotatable bonds is 7. The molecule has 0 unspecified atom stereocenters. The minimum absolute atomic E-state index is 0.0997. The number of nitrogens with zero attached hydrogens (tertiary/aromatic N) is 3. The molecule has 9 heteroatoms. The quantitative estimate of drug-likeness (QED) is 0.581. The summed E-state index contributed by atoms with van der Waals surface area (Å²) in [6.45, 7) is 1.90. The zero-order valence-electron chi connectivity index (χ0n) is 16.5. The zero-order chi connectivity index (χ0) is 21.7. The van der Waals surface area contributed by atoms with Crippen LogP contribution in [0.15, 0.2) is 46.9 Å². The van der Waals surface area contributed by atoms with Crippen LogP contribution in [0.3, 0.4) is 0 Å². The third kappa shape index (κ3) is 5.81. The summed E-state index contributed by atoms with van der Waals surface area (Å²) in [5, 5.41) is 11.4. The molecule has 0 saturated carbocycles. The molecule has 0 aliphatic carbocycles. The molecule has 0 saturated heterocycles. The lowest BCUT2D eigenvalue weighted by Gasteiger charge is -2.16. The Kier molecular flexibility index (Phi) is 7.07. The van der Waals surface area contributed by atoms with Crippen LogP contribution in [0.25, 0.3) is 11.5 Å². The van der Waals surface area contributed by atoms with Gasteiger partial charge in [-0.15, -0.1) is 10.2 Å². The molecule has 1 aromatic heterocycles. The lowest BCUT2D eigenvalue weighted by molar-refractivity contribution is -0.133. The molecule has 0 atom stereocenters. The molecule has 2 amide bonds. The molecule has 0 aliphatic rings. The summed E-state index contributed by atoms with van der Waals surface area (Å²) in [6, 6.07) is 12.5. The van der Waals surface area contributed by atoms with Crippen LogP contribution in [0.1, 0.15) is 17.9 Å². The number of aromatic nitrogens is 2. The predicted molar refractivity (Wildman–Crippen MR) is 116 cm³/mol. The van der Waals surface area contributed by atoms with E-state index in [2.05, 4.69) is 15.5 Å². The maximum atomic E-state index is 12.3. The van der Waals surface area contributed by atoms with Crippen LogP contribution < -0.4 is 5.32 Å². The molecule has 3 rings (SSSR count). The molecule has 0 bridgehead atoms. The van der Waals surface area contributed by atoms with E-state index < -0.39 is 0 Å². The standard InChI is InChI=1S/C21H20Cl2N4O3/c1-13-3-5-14(6-4-13)21-26-25-19(30-21)9-10-20(29)27(2)12-18(28)24-15-7-8-16(22)17(23)11-15/h3-8,11H,9-10,12H2,1-2H3,(H,24,28). The largest absolute Gasteiger partial charge is 0.421 e. The smallest absolute Gasteiger partial charge is 0.247 e. The van der Waals surface area contributed by atoms with E-state index >= 15 is 0 Å². The van der Waals surface area contributed by atoms with Crippen LogP contribution in [-0.4, -0.2) is 40.5 Å². The van der Waals surface area contributed by atoms with Crippen LogP contribution in [-0.2, 0) is 16.0 Å². The van der Waals surface area contributed by atoms with E-state index in [1.54, 1.807) is 25.2 Å². The summed E-state index contributed by atoms with van der Waals surface area (Å²) < 4.78 is 5.63. The molecule has 1 N–H and O–H groups in total. The summed E-state index contributed by atoms with van der Waals surface area (Å²) in [5.74, 6) is 0.220. The van der Waals surface area contributed by atoms with Crippen LogP contribution in [0, 0.1) is 6.92 Å². The number of benzene rings is 2. The number of halogens is 2. The highest BCUT2D eigenvalue weighted by molar-refractivity contribution is 6.42. The first-order chi connectivity index (χ1) is 14.3. The number of hydrogen-bond acceptors (Lipinski definition) is 5. The summed E-state index contributed by atoms with van der Waals surface area (Å²) in [7, 11) is 1.56. The number of hydrogen-bond donors (Lipinski definition) is 1. The van der Waals surface area contributed by atoms with E-state index in [9.17, 15) is 9.59 Å². The average Bonchev–Trinajstić information content (AvgIpc) is 3.18. The molecule has 2 aromatic carbocycles. The van der Waals surface area contributed by atoms with Gasteiger partial charge in [0.25, 0.3) is 0 Å². The van der Waals surface area contributed by atoms with Crippen molar-refractivity contribution in [1.29, 1.82) is 0 Å². The Hall–Kier alpha value is -2.90.